The Morgan fingerprint density at radius 1 is 1.21 bits per heavy atom. The van der Waals surface area contributed by atoms with E-state index in [2.05, 4.69) is 41.4 Å². The molecule has 1 heterocycles. The quantitative estimate of drug-likeness (QED) is 0.638. The molecule has 0 saturated carbocycles. The van der Waals surface area contributed by atoms with E-state index in [1.165, 1.54) is 0 Å². The van der Waals surface area contributed by atoms with Gasteiger partial charge in [-0.05, 0) is 24.8 Å². The van der Waals surface area contributed by atoms with Crippen LogP contribution >= 0.6 is 0 Å². The zero-order valence-electron chi connectivity index (χ0n) is 12.3. The maximum Gasteiger partial charge on any atom is 0.224 e. The Hall–Kier alpha value is -1.36. The highest BCUT2D eigenvalue weighted by Crippen LogP contribution is 2.05. The van der Waals surface area contributed by atoms with Gasteiger partial charge in [0.15, 0.2) is 0 Å². The summed E-state index contributed by atoms with van der Waals surface area (Å²) in [6.45, 7) is 9.70. The zero-order chi connectivity index (χ0) is 13.9. The summed E-state index contributed by atoms with van der Waals surface area (Å²) in [6.07, 6.45) is 3.93. The van der Waals surface area contributed by atoms with E-state index in [9.17, 15) is 0 Å². The number of hydrogen-bond donors (Lipinski definition) is 2. The Kier molecular flexibility index (Phi) is 7.89. The van der Waals surface area contributed by atoms with Crippen molar-refractivity contribution < 1.29 is 4.74 Å². The van der Waals surface area contributed by atoms with E-state index < -0.39 is 0 Å². The molecule has 1 rings (SSSR count). The van der Waals surface area contributed by atoms with Gasteiger partial charge in [0.2, 0.25) is 5.95 Å². The summed E-state index contributed by atoms with van der Waals surface area (Å²) >= 11 is 0. The van der Waals surface area contributed by atoms with Gasteiger partial charge in [0, 0.05) is 25.9 Å². The highest BCUT2D eigenvalue weighted by molar-refractivity contribution is 5.39. The molecule has 1 aromatic rings. The minimum Gasteiger partial charge on any atom is -0.380 e. The maximum absolute atomic E-state index is 5.54. The van der Waals surface area contributed by atoms with Crippen molar-refractivity contribution in [3.8, 4) is 0 Å². The summed E-state index contributed by atoms with van der Waals surface area (Å²) in [6, 6.07) is 1.87. The molecule has 5 nitrogen and oxygen atoms in total. The number of rotatable bonds is 10. The van der Waals surface area contributed by atoms with E-state index >= 15 is 0 Å². The Morgan fingerprint density at radius 3 is 2.79 bits per heavy atom. The molecule has 0 aliphatic carbocycles. The molecule has 0 amide bonds. The van der Waals surface area contributed by atoms with Crippen molar-refractivity contribution in [1.29, 1.82) is 0 Å². The highest BCUT2D eigenvalue weighted by Gasteiger charge is 1.98. The first-order valence-electron chi connectivity index (χ1n) is 7.11. The van der Waals surface area contributed by atoms with Crippen LogP contribution in [0.15, 0.2) is 12.3 Å². The van der Waals surface area contributed by atoms with Crippen molar-refractivity contribution in [1.82, 2.24) is 9.97 Å². The van der Waals surface area contributed by atoms with E-state index in [0.29, 0.717) is 18.5 Å². The molecule has 0 atom stereocenters. The first kappa shape index (κ1) is 15.7. The normalized spacial score (nSPS) is 10.7. The molecule has 0 unspecified atom stereocenters. The van der Waals surface area contributed by atoms with Crippen molar-refractivity contribution in [2.24, 2.45) is 5.92 Å². The minimum absolute atomic E-state index is 0.674. The van der Waals surface area contributed by atoms with Crippen LogP contribution in [0.5, 0.6) is 0 Å². The third-order valence-electron chi connectivity index (χ3n) is 2.58. The largest absolute Gasteiger partial charge is 0.380 e. The summed E-state index contributed by atoms with van der Waals surface area (Å²) in [5, 5.41) is 6.40. The van der Waals surface area contributed by atoms with Gasteiger partial charge in [-0.2, -0.15) is 4.98 Å². The fourth-order valence-electron chi connectivity index (χ4n) is 1.45. The lowest BCUT2D eigenvalue weighted by molar-refractivity contribution is 0.132. The van der Waals surface area contributed by atoms with Crippen LogP contribution in [-0.4, -0.2) is 36.3 Å². The molecule has 0 aromatic carbocycles. The smallest absolute Gasteiger partial charge is 0.224 e. The first-order chi connectivity index (χ1) is 9.22. The molecule has 0 spiro atoms. The van der Waals surface area contributed by atoms with Crippen LogP contribution in [0.1, 0.15) is 33.6 Å². The molecule has 5 heteroatoms. The fourth-order valence-corrected chi connectivity index (χ4v) is 1.45. The summed E-state index contributed by atoms with van der Waals surface area (Å²) in [4.78, 5) is 8.53. The second kappa shape index (κ2) is 9.55. The summed E-state index contributed by atoms with van der Waals surface area (Å²) < 4.78 is 5.54. The topological polar surface area (TPSA) is 59.1 Å². The fraction of sp³-hybridized carbons (Fsp3) is 0.714. The van der Waals surface area contributed by atoms with Crippen LogP contribution < -0.4 is 10.6 Å². The lowest BCUT2D eigenvalue weighted by Crippen LogP contribution is -2.12. The standard InChI is InChI=1S/C14H26N4O/c1-4-7-16-14-17-8-5-13(18-14)15-9-11-19-10-6-12(2)3/h5,8,12H,4,6-7,9-11H2,1-3H3,(H2,15,16,17,18). The third-order valence-corrected chi connectivity index (χ3v) is 2.58. The molecule has 0 saturated heterocycles. The van der Waals surface area contributed by atoms with Crippen molar-refractivity contribution in [2.75, 3.05) is 36.9 Å². The summed E-state index contributed by atoms with van der Waals surface area (Å²) in [7, 11) is 0. The lowest BCUT2D eigenvalue weighted by Gasteiger charge is -2.09. The molecule has 0 fully saturated rings. The molecule has 0 radical (unpaired) electrons. The summed E-state index contributed by atoms with van der Waals surface area (Å²) in [5.74, 6) is 2.20. The van der Waals surface area contributed by atoms with Crippen LogP contribution in [0.25, 0.3) is 0 Å². The number of nitrogens with one attached hydrogen (secondary N) is 2. The predicted octanol–water partition coefficient (Wildman–Crippen LogP) is 2.77. The second-order valence-electron chi connectivity index (χ2n) is 4.91. The number of anilines is 2. The third kappa shape index (κ3) is 7.62. The molecular formula is C14H26N4O. The van der Waals surface area contributed by atoms with Crippen molar-refractivity contribution >= 4 is 11.8 Å². The van der Waals surface area contributed by atoms with Crippen molar-refractivity contribution in [2.45, 2.75) is 33.6 Å². The Balaban J connectivity index is 2.18. The second-order valence-corrected chi connectivity index (χ2v) is 4.91. The van der Waals surface area contributed by atoms with Crippen LogP contribution in [-0.2, 0) is 4.74 Å². The minimum atomic E-state index is 0.674. The Morgan fingerprint density at radius 2 is 2.05 bits per heavy atom. The average Bonchev–Trinajstić information content (AvgIpc) is 2.40. The van der Waals surface area contributed by atoms with Gasteiger partial charge in [0.25, 0.3) is 0 Å². The Labute approximate surface area is 116 Å². The number of hydrogen-bond acceptors (Lipinski definition) is 5. The van der Waals surface area contributed by atoms with E-state index in [1.807, 2.05) is 6.07 Å². The van der Waals surface area contributed by atoms with Crippen LogP contribution in [0.2, 0.25) is 0 Å². The molecule has 2 N–H and O–H groups in total. The van der Waals surface area contributed by atoms with Gasteiger partial charge in [0.05, 0.1) is 6.61 Å². The zero-order valence-corrected chi connectivity index (χ0v) is 12.3. The molecule has 1 aromatic heterocycles. The first-order valence-corrected chi connectivity index (χ1v) is 7.11. The van der Waals surface area contributed by atoms with E-state index in [1.54, 1.807) is 6.20 Å². The van der Waals surface area contributed by atoms with Crippen LogP contribution in [0.4, 0.5) is 11.8 Å². The van der Waals surface area contributed by atoms with E-state index in [-0.39, 0.29) is 0 Å². The summed E-state index contributed by atoms with van der Waals surface area (Å²) in [5.41, 5.74) is 0. The van der Waals surface area contributed by atoms with E-state index in [0.717, 1.165) is 38.4 Å². The number of nitrogens with zero attached hydrogens (tertiary/aromatic N) is 2. The van der Waals surface area contributed by atoms with Crippen LogP contribution in [0, 0.1) is 5.92 Å². The molecule has 108 valence electrons. The van der Waals surface area contributed by atoms with Gasteiger partial charge in [-0.25, -0.2) is 4.98 Å². The number of ether oxygens (including phenoxy) is 1. The van der Waals surface area contributed by atoms with E-state index in [4.69, 9.17) is 4.74 Å². The van der Waals surface area contributed by atoms with Gasteiger partial charge in [-0.15, -0.1) is 0 Å². The SMILES string of the molecule is CCCNc1nccc(NCCOCCC(C)C)n1. The van der Waals surface area contributed by atoms with Crippen molar-refractivity contribution in [3.63, 3.8) is 0 Å². The van der Waals surface area contributed by atoms with Gasteiger partial charge >= 0.3 is 0 Å². The van der Waals surface area contributed by atoms with Crippen LogP contribution in [0.3, 0.4) is 0 Å². The van der Waals surface area contributed by atoms with Gasteiger partial charge in [-0.3, -0.25) is 0 Å². The van der Waals surface area contributed by atoms with Crippen molar-refractivity contribution in [3.05, 3.63) is 12.3 Å². The highest BCUT2D eigenvalue weighted by atomic mass is 16.5. The molecule has 0 aliphatic rings. The predicted molar refractivity (Wildman–Crippen MR) is 79.6 cm³/mol. The van der Waals surface area contributed by atoms with Gasteiger partial charge in [-0.1, -0.05) is 20.8 Å². The molecular weight excluding hydrogens is 240 g/mol. The monoisotopic (exact) mass is 266 g/mol. The molecule has 0 aliphatic heterocycles. The van der Waals surface area contributed by atoms with Gasteiger partial charge < -0.3 is 15.4 Å². The molecule has 0 bridgehead atoms. The maximum atomic E-state index is 5.54. The average molecular weight is 266 g/mol. The lowest BCUT2D eigenvalue weighted by atomic mass is 10.1. The Bertz CT molecular complexity index is 344. The molecule has 19 heavy (non-hydrogen) atoms. The van der Waals surface area contributed by atoms with Gasteiger partial charge in [0.1, 0.15) is 5.82 Å². The number of aromatic nitrogens is 2.